The molecule has 0 saturated carbocycles. The molecule has 1 aliphatic rings. The molecule has 23 heavy (non-hydrogen) atoms. The first-order chi connectivity index (χ1) is 10.6. The normalized spacial score (nSPS) is 19.5. The van der Waals surface area contributed by atoms with E-state index in [-0.39, 0.29) is 24.0 Å². The van der Waals surface area contributed by atoms with Gasteiger partial charge in [-0.25, -0.2) is 4.98 Å². The van der Waals surface area contributed by atoms with Crippen LogP contribution in [0.25, 0.3) is 0 Å². The van der Waals surface area contributed by atoms with Crippen LogP contribution in [0, 0.1) is 5.92 Å². The molecule has 5 nitrogen and oxygen atoms in total. The number of rotatable bonds is 5. The van der Waals surface area contributed by atoms with E-state index in [2.05, 4.69) is 51.8 Å². The van der Waals surface area contributed by atoms with Gasteiger partial charge in [0.25, 0.3) is 0 Å². The highest BCUT2D eigenvalue weighted by Crippen LogP contribution is 2.17. The number of aromatic nitrogens is 1. The Morgan fingerprint density at radius 3 is 2.87 bits per heavy atom. The average Bonchev–Trinajstić information content (AvgIpc) is 2.97. The Kier molecular flexibility index (Phi) is 9.38. The first-order valence-corrected chi connectivity index (χ1v) is 9.03. The molecule has 7 heteroatoms. The number of thiazole rings is 1. The largest absolute Gasteiger partial charge is 0.356 e. The number of nitrogens with zero attached hydrogens (tertiary/aromatic N) is 3. The second kappa shape index (κ2) is 10.5. The van der Waals surface area contributed by atoms with Crippen molar-refractivity contribution < 1.29 is 0 Å². The van der Waals surface area contributed by atoms with Crippen molar-refractivity contribution in [2.75, 3.05) is 33.7 Å². The van der Waals surface area contributed by atoms with Gasteiger partial charge in [0, 0.05) is 25.5 Å². The van der Waals surface area contributed by atoms with E-state index < -0.39 is 0 Å². The summed E-state index contributed by atoms with van der Waals surface area (Å²) in [5, 5.41) is 10.1. The quantitative estimate of drug-likeness (QED) is 0.411. The zero-order valence-corrected chi connectivity index (χ0v) is 17.8. The van der Waals surface area contributed by atoms with E-state index in [1.54, 1.807) is 11.3 Å². The van der Waals surface area contributed by atoms with Gasteiger partial charge in [0.15, 0.2) is 5.96 Å². The number of likely N-dealkylation sites (tertiary alicyclic amines) is 1. The number of nitrogens with one attached hydrogen (secondary N) is 2. The van der Waals surface area contributed by atoms with Crippen LogP contribution in [0.2, 0.25) is 0 Å². The highest BCUT2D eigenvalue weighted by atomic mass is 127. The van der Waals surface area contributed by atoms with Crippen molar-refractivity contribution in [3.63, 3.8) is 0 Å². The minimum absolute atomic E-state index is 0. The molecule has 1 saturated heterocycles. The van der Waals surface area contributed by atoms with E-state index in [1.165, 1.54) is 31.6 Å². The summed E-state index contributed by atoms with van der Waals surface area (Å²) in [5.41, 5.74) is 1.18. The fraction of sp³-hybridized carbons (Fsp3) is 0.750. The fourth-order valence-electron chi connectivity index (χ4n) is 2.73. The zero-order chi connectivity index (χ0) is 15.9. The summed E-state index contributed by atoms with van der Waals surface area (Å²) in [4.78, 5) is 11.4. The lowest BCUT2D eigenvalue weighted by Gasteiger charge is -2.30. The standard InChI is InChI=1S/C16H29N5S.HI/c1-12(2)14-11-22-15(20-14)9-19-16(17-3)18-8-13-6-5-7-21(4)10-13;/h11-13H,5-10H2,1-4H3,(H2,17,18,19);1H. The number of hydrogen-bond acceptors (Lipinski definition) is 4. The number of piperidine rings is 1. The molecule has 2 rings (SSSR count). The van der Waals surface area contributed by atoms with Crippen molar-refractivity contribution in [3.05, 3.63) is 16.1 Å². The van der Waals surface area contributed by atoms with Crippen molar-refractivity contribution >= 4 is 41.3 Å². The maximum absolute atomic E-state index is 4.64. The van der Waals surface area contributed by atoms with Crippen LogP contribution in [0.15, 0.2) is 10.4 Å². The van der Waals surface area contributed by atoms with Crippen molar-refractivity contribution in [1.29, 1.82) is 0 Å². The van der Waals surface area contributed by atoms with E-state index in [0.29, 0.717) is 11.8 Å². The summed E-state index contributed by atoms with van der Waals surface area (Å²) in [6.45, 7) is 8.47. The van der Waals surface area contributed by atoms with Crippen LogP contribution < -0.4 is 10.6 Å². The van der Waals surface area contributed by atoms with Gasteiger partial charge in [-0.15, -0.1) is 35.3 Å². The highest BCUT2D eigenvalue weighted by molar-refractivity contribution is 14.0. The van der Waals surface area contributed by atoms with Gasteiger partial charge in [-0.1, -0.05) is 13.8 Å². The maximum Gasteiger partial charge on any atom is 0.191 e. The minimum Gasteiger partial charge on any atom is -0.356 e. The Hall–Kier alpha value is -0.410. The van der Waals surface area contributed by atoms with Gasteiger partial charge in [0.05, 0.1) is 12.2 Å². The molecule has 0 bridgehead atoms. The lowest BCUT2D eigenvalue weighted by Crippen LogP contribution is -2.43. The van der Waals surface area contributed by atoms with Gasteiger partial charge in [0.1, 0.15) is 5.01 Å². The molecule has 1 aromatic heterocycles. The van der Waals surface area contributed by atoms with Gasteiger partial charge in [-0.2, -0.15) is 0 Å². The number of hydrogen-bond donors (Lipinski definition) is 2. The van der Waals surface area contributed by atoms with Crippen molar-refractivity contribution in [1.82, 2.24) is 20.5 Å². The van der Waals surface area contributed by atoms with E-state index in [1.807, 2.05) is 7.05 Å². The lowest BCUT2D eigenvalue weighted by atomic mass is 9.99. The Morgan fingerprint density at radius 1 is 1.48 bits per heavy atom. The molecule has 0 amide bonds. The van der Waals surface area contributed by atoms with Gasteiger partial charge in [0.2, 0.25) is 0 Å². The molecule has 0 radical (unpaired) electrons. The maximum atomic E-state index is 4.64. The smallest absolute Gasteiger partial charge is 0.191 e. The highest BCUT2D eigenvalue weighted by Gasteiger charge is 2.17. The fourth-order valence-corrected chi connectivity index (χ4v) is 3.63. The monoisotopic (exact) mass is 451 g/mol. The summed E-state index contributed by atoms with van der Waals surface area (Å²) in [5.74, 6) is 2.07. The third-order valence-electron chi connectivity index (χ3n) is 4.07. The number of aliphatic imine (C=N–C) groups is 1. The zero-order valence-electron chi connectivity index (χ0n) is 14.6. The van der Waals surface area contributed by atoms with Gasteiger partial charge >= 0.3 is 0 Å². The topological polar surface area (TPSA) is 52.6 Å². The Labute approximate surface area is 161 Å². The first-order valence-electron chi connectivity index (χ1n) is 8.15. The third kappa shape index (κ3) is 6.93. The van der Waals surface area contributed by atoms with E-state index >= 15 is 0 Å². The molecule has 0 aliphatic carbocycles. The predicted octanol–water partition coefficient (Wildman–Crippen LogP) is 2.89. The molecule has 1 fully saturated rings. The van der Waals surface area contributed by atoms with Crippen LogP contribution in [-0.4, -0.2) is 49.6 Å². The minimum atomic E-state index is 0. The molecule has 1 unspecified atom stereocenters. The molecule has 0 aromatic carbocycles. The van der Waals surface area contributed by atoms with Crippen LogP contribution in [0.1, 0.15) is 43.3 Å². The summed E-state index contributed by atoms with van der Waals surface area (Å²) < 4.78 is 0. The molecule has 0 spiro atoms. The molecule has 1 aliphatic heterocycles. The van der Waals surface area contributed by atoms with Crippen LogP contribution in [0.3, 0.4) is 0 Å². The van der Waals surface area contributed by atoms with Crippen molar-refractivity contribution in [3.8, 4) is 0 Å². The third-order valence-corrected chi connectivity index (χ3v) is 4.94. The predicted molar refractivity (Wildman–Crippen MR) is 110 cm³/mol. The van der Waals surface area contributed by atoms with E-state index in [9.17, 15) is 0 Å². The lowest BCUT2D eigenvalue weighted by molar-refractivity contribution is 0.210. The Balaban J connectivity index is 0.00000264. The first kappa shape index (κ1) is 20.6. The van der Waals surface area contributed by atoms with Crippen LogP contribution >= 0.6 is 35.3 Å². The number of guanidine groups is 1. The van der Waals surface area contributed by atoms with E-state index in [4.69, 9.17) is 0 Å². The second-order valence-electron chi connectivity index (χ2n) is 6.40. The van der Waals surface area contributed by atoms with Crippen molar-refractivity contribution in [2.45, 2.75) is 39.2 Å². The summed E-state index contributed by atoms with van der Waals surface area (Å²) in [6, 6.07) is 0. The molecule has 132 valence electrons. The molecule has 1 atom stereocenters. The summed E-state index contributed by atoms with van der Waals surface area (Å²) in [7, 11) is 4.03. The molecular formula is C16H30IN5S. The van der Waals surface area contributed by atoms with E-state index in [0.717, 1.165) is 24.1 Å². The summed E-state index contributed by atoms with van der Waals surface area (Å²) >= 11 is 1.71. The van der Waals surface area contributed by atoms with Gasteiger partial charge < -0.3 is 15.5 Å². The Morgan fingerprint density at radius 2 is 2.26 bits per heavy atom. The Bertz CT molecular complexity index is 489. The SMILES string of the molecule is CN=C(NCc1nc(C(C)C)cs1)NCC1CCCN(C)C1.I. The number of halogens is 1. The average molecular weight is 451 g/mol. The molecule has 2 heterocycles. The van der Waals surface area contributed by atoms with Crippen LogP contribution in [0.5, 0.6) is 0 Å². The van der Waals surface area contributed by atoms with Gasteiger partial charge in [-0.05, 0) is 38.3 Å². The van der Waals surface area contributed by atoms with Crippen LogP contribution in [0.4, 0.5) is 0 Å². The van der Waals surface area contributed by atoms with Crippen LogP contribution in [-0.2, 0) is 6.54 Å². The molecule has 2 N–H and O–H groups in total. The second-order valence-corrected chi connectivity index (χ2v) is 7.34. The van der Waals surface area contributed by atoms with Gasteiger partial charge in [-0.3, -0.25) is 4.99 Å². The summed E-state index contributed by atoms with van der Waals surface area (Å²) in [6.07, 6.45) is 2.60. The molecular weight excluding hydrogens is 421 g/mol. The molecule has 1 aromatic rings. The van der Waals surface area contributed by atoms with Crippen molar-refractivity contribution in [2.24, 2.45) is 10.9 Å².